The minimum atomic E-state index is -0.369. The summed E-state index contributed by atoms with van der Waals surface area (Å²) < 4.78 is 5.23. The van der Waals surface area contributed by atoms with Crippen LogP contribution in [-0.2, 0) is 4.79 Å². The fraction of sp³-hybridized carbons (Fsp3) is 0.222. The molecule has 0 radical (unpaired) electrons. The third kappa shape index (κ3) is 5.42. The summed E-state index contributed by atoms with van der Waals surface area (Å²) in [5, 5.41) is 3.17. The molecule has 1 N–H and O–H groups in total. The Labute approximate surface area is 140 Å². The van der Waals surface area contributed by atoms with E-state index in [2.05, 4.69) is 5.32 Å². The smallest absolute Gasteiger partial charge is 0.311 e. The largest absolute Gasteiger partial charge is 0.425 e. The van der Waals surface area contributed by atoms with Gasteiger partial charge in [0.1, 0.15) is 5.75 Å². The Morgan fingerprint density at radius 1 is 1.13 bits per heavy atom. The lowest BCUT2D eigenvalue weighted by atomic mass is 10.2. The van der Waals surface area contributed by atoms with Crippen LogP contribution < -0.4 is 10.1 Å². The molecule has 2 aromatic carbocycles. The number of carbonyl (C=O) groups excluding carboxylic acids is 2. The number of esters is 1. The van der Waals surface area contributed by atoms with Crippen LogP contribution in [0.3, 0.4) is 0 Å². The predicted molar refractivity (Wildman–Crippen MR) is 89.8 cm³/mol. The highest BCUT2D eigenvalue weighted by molar-refractivity contribution is 6.32. The molecule has 0 unspecified atom stereocenters. The van der Waals surface area contributed by atoms with E-state index in [0.29, 0.717) is 29.3 Å². The van der Waals surface area contributed by atoms with Crippen molar-refractivity contribution in [2.24, 2.45) is 0 Å². The first kappa shape index (κ1) is 17.0. The summed E-state index contributed by atoms with van der Waals surface area (Å²) in [7, 11) is 0. The van der Waals surface area contributed by atoms with Crippen molar-refractivity contribution in [3.05, 3.63) is 64.7 Å². The Morgan fingerprint density at radius 3 is 2.61 bits per heavy atom. The van der Waals surface area contributed by atoms with Gasteiger partial charge in [-0.25, -0.2) is 0 Å². The molecule has 4 nitrogen and oxygen atoms in total. The van der Waals surface area contributed by atoms with Gasteiger partial charge in [0.25, 0.3) is 5.91 Å². The first-order valence-corrected chi connectivity index (χ1v) is 7.74. The highest BCUT2D eigenvalue weighted by Gasteiger charge is 2.09. The number of amides is 1. The summed E-state index contributed by atoms with van der Waals surface area (Å²) >= 11 is 5.98. The first-order valence-electron chi connectivity index (χ1n) is 7.36. The minimum Gasteiger partial charge on any atom is -0.425 e. The van der Waals surface area contributed by atoms with E-state index < -0.39 is 0 Å². The fourth-order valence-corrected chi connectivity index (χ4v) is 2.14. The molecule has 0 atom stereocenters. The average Bonchev–Trinajstić information content (AvgIpc) is 2.55. The maximum absolute atomic E-state index is 11.8. The summed E-state index contributed by atoms with van der Waals surface area (Å²) in [6, 6.07) is 14.2. The van der Waals surface area contributed by atoms with Crippen LogP contribution in [0.5, 0.6) is 5.75 Å². The molecule has 2 rings (SSSR count). The van der Waals surface area contributed by atoms with Gasteiger partial charge in [-0.2, -0.15) is 0 Å². The predicted octanol–water partition coefficient (Wildman–Crippen LogP) is 3.76. The van der Waals surface area contributed by atoms with Crippen LogP contribution in [0, 0.1) is 6.92 Å². The van der Waals surface area contributed by atoms with Gasteiger partial charge in [0.2, 0.25) is 0 Å². The number of halogens is 1. The summed E-state index contributed by atoms with van der Waals surface area (Å²) in [5.41, 5.74) is 1.56. The molecule has 0 heterocycles. The van der Waals surface area contributed by atoms with Crippen LogP contribution in [0.15, 0.2) is 48.5 Å². The average molecular weight is 332 g/mol. The lowest BCUT2D eigenvalue weighted by Crippen LogP contribution is -2.25. The van der Waals surface area contributed by atoms with E-state index in [1.54, 1.807) is 36.4 Å². The lowest BCUT2D eigenvalue weighted by molar-refractivity contribution is -0.134. The van der Waals surface area contributed by atoms with Crippen LogP contribution in [0.2, 0.25) is 5.02 Å². The van der Waals surface area contributed by atoms with Gasteiger partial charge < -0.3 is 10.1 Å². The zero-order valence-electron chi connectivity index (χ0n) is 12.8. The molecule has 2 aromatic rings. The van der Waals surface area contributed by atoms with Gasteiger partial charge in [0.05, 0.1) is 5.02 Å². The van der Waals surface area contributed by atoms with Gasteiger partial charge in [-0.05, 0) is 43.2 Å². The van der Waals surface area contributed by atoms with E-state index in [4.69, 9.17) is 16.3 Å². The molecular formula is C18H18ClNO3. The van der Waals surface area contributed by atoms with Gasteiger partial charge >= 0.3 is 5.97 Å². The minimum absolute atomic E-state index is 0.152. The van der Waals surface area contributed by atoms with Crippen molar-refractivity contribution in [2.45, 2.75) is 19.8 Å². The number of rotatable bonds is 6. The van der Waals surface area contributed by atoms with Gasteiger partial charge in [0.15, 0.2) is 0 Å². The van der Waals surface area contributed by atoms with E-state index >= 15 is 0 Å². The standard InChI is InChI=1S/C18H18ClNO3/c1-13-9-10-15(19)16(12-13)23-17(21)8-5-11-20-18(22)14-6-3-2-4-7-14/h2-4,6-7,9-10,12H,5,8,11H2,1H3,(H,20,22). The number of hydrogen-bond donors (Lipinski definition) is 1. The number of ether oxygens (including phenoxy) is 1. The van der Waals surface area contributed by atoms with Crippen molar-refractivity contribution in [1.29, 1.82) is 0 Å². The van der Waals surface area contributed by atoms with Crippen molar-refractivity contribution in [2.75, 3.05) is 6.54 Å². The Hall–Kier alpha value is -2.33. The Morgan fingerprint density at radius 2 is 1.87 bits per heavy atom. The maximum atomic E-state index is 11.8. The van der Waals surface area contributed by atoms with E-state index in [9.17, 15) is 9.59 Å². The second kappa shape index (κ2) is 8.34. The van der Waals surface area contributed by atoms with Crippen molar-refractivity contribution < 1.29 is 14.3 Å². The molecule has 5 heteroatoms. The summed E-state index contributed by atoms with van der Waals surface area (Å²) in [4.78, 5) is 23.6. The number of aryl methyl sites for hydroxylation is 1. The molecule has 1 amide bonds. The summed E-state index contributed by atoms with van der Waals surface area (Å²) in [5.74, 6) is -0.155. The quantitative estimate of drug-likeness (QED) is 0.498. The molecule has 120 valence electrons. The number of benzene rings is 2. The molecule has 0 bridgehead atoms. The van der Waals surface area contributed by atoms with Crippen molar-refractivity contribution in [3.63, 3.8) is 0 Å². The Balaban J connectivity index is 1.73. The Kier molecular flexibility index (Phi) is 6.18. The van der Waals surface area contributed by atoms with Crippen LogP contribution in [0.4, 0.5) is 0 Å². The normalized spacial score (nSPS) is 10.2. The topological polar surface area (TPSA) is 55.4 Å². The lowest BCUT2D eigenvalue weighted by Gasteiger charge is -2.08. The second-order valence-corrected chi connectivity index (χ2v) is 5.54. The Bertz CT molecular complexity index is 686. The van der Waals surface area contributed by atoms with E-state index in [0.717, 1.165) is 5.56 Å². The highest BCUT2D eigenvalue weighted by atomic mass is 35.5. The zero-order chi connectivity index (χ0) is 16.7. The molecule has 23 heavy (non-hydrogen) atoms. The monoisotopic (exact) mass is 331 g/mol. The number of nitrogens with one attached hydrogen (secondary N) is 1. The van der Waals surface area contributed by atoms with E-state index in [-0.39, 0.29) is 18.3 Å². The van der Waals surface area contributed by atoms with Crippen molar-refractivity contribution >= 4 is 23.5 Å². The number of hydrogen-bond acceptors (Lipinski definition) is 3. The zero-order valence-corrected chi connectivity index (χ0v) is 13.6. The second-order valence-electron chi connectivity index (χ2n) is 5.13. The van der Waals surface area contributed by atoms with Crippen LogP contribution in [0.1, 0.15) is 28.8 Å². The van der Waals surface area contributed by atoms with Gasteiger partial charge in [-0.15, -0.1) is 0 Å². The highest BCUT2D eigenvalue weighted by Crippen LogP contribution is 2.25. The van der Waals surface area contributed by atoms with Crippen LogP contribution in [-0.4, -0.2) is 18.4 Å². The molecule has 0 aliphatic rings. The molecular weight excluding hydrogens is 314 g/mol. The van der Waals surface area contributed by atoms with Gasteiger partial charge in [0, 0.05) is 18.5 Å². The molecule has 0 aromatic heterocycles. The summed E-state index contributed by atoms with van der Waals surface area (Å²) in [6.45, 7) is 2.30. The number of carbonyl (C=O) groups is 2. The van der Waals surface area contributed by atoms with Crippen molar-refractivity contribution in [1.82, 2.24) is 5.32 Å². The molecule has 0 spiro atoms. The third-order valence-corrected chi connectivity index (χ3v) is 3.50. The molecule has 0 aliphatic carbocycles. The van der Waals surface area contributed by atoms with E-state index in [1.807, 2.05) is 19.1 Å². The summed E-state index contributed by atoms with van der Waals surface area (Å²) in [6.07, 6.45) is 0.709. The molecule has 0 fully saturated rings. The van der Waals surface area contributed by atoms with Gasteiger partial charge in [-0.3, -0.25) is 9.59 Å². The molecule has 0 aliphatic heterocycles. The third-order valence-electron chi connectivity index (χ3n) is 3.19. The van der Waals surface area contributed by atoms with Crippen molar-refractivity contribution in [3.8, 4) is 5.75 Å². The fourth-order valence-electron chi connectivity index (χ4n) is 1.99. The van der Waals surface area contributed by atoms with Crippen LogP contribution >= 0.6 is 11.6 Å². The van der Waals surface area contributed by atoms with Gasteiger partial charge in [-0.1, -0.05) is 35.9 Å². The molecule has 0 saturated carbocycles. The van der Waals surface area contributed by atoms with E-state index in [1.165, 1.54) is 0 Å². The first-order chi connectivity index (χ1) is 11.1. The maximum Gasteiger partial charge on any atom is 0.311 e. The van der Waals surface area contributed by atoms with Crippen LogP contribution in [0.25, 0.3) is 0 Å². The molecule has 0 saturated heterocycles. The SMILES string of the molecule is Cc1ccc(Cl)c(OC(=O)CCCNC(=O)c2ccccc2)c1.